The smallest absolute Gasteiger partial charge is 0.307 e. The predicted octanol–water partition coefficient (Wildman–Crippen LogP) is 2.75. The van der Waals surface area contributed by atoms with Crippen LogP contribution in [-0.2, 0) is 9.59 Å². The number of carbonyl (C=O) groups excluding carboxylic acids is 1. The van der Waals surface area contributed by atoms with Crippen molar-refractivity contribution < 1.29 is 14.7 Å². The maximum atomic E-state index is 12.5. The SMILES string of the molecule is O=C(O)C1CCCC1C(=O)NC(c1ccccc1)C1CC1. The maximum absolute atomic E-state index is 12.5. The van der Waals surface area contributed by atoms with E-state index in [1.807, 2.05) is 30.3 Å². The van der Waals surface area contributed by atoms with Crippen molar-refractivity contribution in [3.63, 3.8) is 0 Å². The standard InChI is InChI=1S/C17H21NO3/c19-16(13-7-4-8-14(13)17(20)21)18-15(12-9-10-12)11-5-2-1-3-6-11/h1-3,5-6,12-15H,4,7-10H2,(H,18,19)(H,20,21). The maximum Gasteiger partial charge on any atom is 0.307 e. The normalized spacial score (nSPS) is 26.3. The van der Waals surface area contributed by atoms with E-state index in [0.717, 1.165) is 24.8 Å². The third-order valence-electron chi connectivity index (χ3n) is 4.72. The number of aliphatic carboxylic acids is 1. The van der Waals surface area contributed by atoms with Gasteiger partial charge in [0.2, 0.25) is 5.91 Å². The third kappa shape index (κ3) is 3.09. The molecule has 2 saturated carbocycles. The average Bonchev–Trinajstić information content (AvgIpc) is 3.20. The van der Waals surface area contributed by atoms with Crippen LogP contribution in [0.1, 0.15) is 43.7 Å². The van der Waals surface area contributed by atoms with Gasteiger partial charge >= 0.3 is 5.97 Å². The summed E-state index contributed by atoms with van der Waals surface area (Å²) in [7, 11) is 0. The van der Waals surface area contributed by atoms with Crippen molar-refractivity contribution in [1.29, 1.82) is 0 Å². The molecule has 1 amide bonds. The molecule has 0 aromatic heterocycles. The zero-order valence-electron chi connectivity index (χ0n) is 12.0. The first kappa shape index (κ1) is 14.1. The molecule has 1 aromatic carbocycles. The van der Waals surface area contributed by atoms with Gasteiger partial charge in [-0.3, -0.25) is 9.59 Å². The van der Waals surface area contributed by atoms with Crippen molar-refractivity contribution in [3.8, 4) is 0 Å². The summed E-state index contributed by atoms with van der Waals surface area (Å²) in [5.41, 5.74) is 1.12. The van der Waals surface area contributed by atoms with Crippen LogP contribution in [0.25, 0.3) is 0 Å². The zero-order valence-corrected chi connectivity index (χ0v) is 12.0. The summed E-state index contributed by atoms with van der Waals surface area (Å²) in [5, 5.41) is 12.3. The molecule has 0 radical (unpaired) electrons. The third-order valence-corrected chi connectivity index (χ3v) is 4.72. The Labute approximate surface area is 124 Å². The van der Waals surface area contributed by atoms with Gasteiger partial charge < -0.3 is 10.4 Å². The number of nitrogens with one attached hydrogen (secondary N) is 1. The molecule has 0 bridgehead atoms. The average molecular weight is 287 g/mol. The minimum Gasteiger partial charge on any atom is -0.481 e. The molecule has 112 valence electrons. The van der Waals surface area contributed by atoms with Gasteiger partial charge in [0, 0.05) is 0 Å². The number of hydrogen-bond donors (Lipinski definition) is 2. The quantitative estimate of drug-likeness (QED) is 0.875. The van der Waals surface area contributed by atoms with Gasteiger partial charge in [-0.15, -0.1) is 0 Å². The molecule has 3 unspecified atom stereocenters. The Balaban J connectivity index is 1.71. The molecule has 2 aliphatic carbocycles. The van der Waals surface area contributed by atoms with Crippen molar-refractivity contribution >= 4 is 11.9 Å². The minimum atomic E-state index is -0.838. The summed E-state index contributed by atoms with van der Waals surface area (Å²) in [6.45, 7) is 0. The lowest BCUT2D eigenvalue weighted by atomic mass is 9.94. The number of rotatable bonds is 5. The van der Waals surface area contributed by atoms with Crippen LogP contribution in [0.15, 0.2) is 30.3 Å². The van der Waals surface area contributed by atoms with Crippen molar-refractivity contribution in [2.24, 2.45) is 17.8 Å². The minimum absolute atomic E-state index is 0.0359. The molecule has 2 N–H and O–H groups in total. The van der Waals surface area contributed by atoms with E-state index < -0.39 is 11.9 Å². The molecule has 3 atom stereocenters. The summed E-state index contributed by atoms with van der Waals surface area (Å²) in [6, 6.07) is 10.0. The molecular weight excluding hydrogens is 266 g/mol. The Bertz CT molecular complexity index is 524. The Kier molecular flexibility index (Phi) is 3.95. The molecule has 4 nitrogen and oxygen atoms in total. The Morgan fingerprint density at radius 3 is 2.33 bits per heavy atom. The summed E-state index contributed by atoms with van der Waals surface area (Å²) in [4.78, 5) is 23.7. The lowest BCUT2D eigenvalue weighted by Gasteiger charge is -2.23. The largest absolute Gasteiger partial charge is 0.481 e. The Hall–Kier alpha value is -1.84. The highest BCUT2D eigenvalue weighted by molar-refractivity contribution is 5.85. The fourth-order valence-electron chi connectivity index (χ4n) is 3.39. The zero-order chi connectivity index (χ0) is 14.8. The molecular formula is C17H21NO3. The molecule has 2 fully saturated rings. The number of amides is 1. The van der Waals surface area contributed by atoms with Crippen LogP contribution in [0.5, 0.6) is 0 Å². The highest BCUT2D eigenvalue weighted by Gasteiger charge is 2.40. The van der Waals surface area contributed by atoms with Crippen molar-refractivity contribution in [2.75, 3.05) is 0 Å². The Morgan fingerprint density at radius 2 is 1.71 bits per heavy atom. The van der Waals surface area contributed by atoms with Crippen LogP contribution in [0.3, 0.4) is 0 Å². The molecule has 1 aromatic rings. The highest BCUT2D eigenvalue weighted by Crippen LogP contribution is 2.42. The first-order valence-corrected chi connectivity index (χ1v) is 7.75. The lowest BCUT2D eigenvalue weighted by molar-refractivity contribution is -0.146. The van der Waals surface area contributed by atoms with E-state index >= 15 is 0 Å². The molecule has 0 aliphatic heterocycles. The van der Waals surface area contributed by atoms with Gasteiger partial charge in [0.1, 0.15) is 0 Å². The summed E-state index contributed by atoms with van der Waals surface area (Å²) in [6.07, 6.45) is 4.40. The van der Waals surface area contributed by atoms with Crippen LogP contribution in [0.4, 0.5) is 0 Å². The van der Waals surface area contributed by atoms with Crippen LogP contribution < -0.4 is 5.32 Å². The number of carbonyl (C=O) groups is 2. The molecule has 0 spiro atoms. The number of benzene rings is 1. The second-order valence-electron chi connectivity index (χ2n) is 6.22. The molecule has 0 saturated heterocycles. The van der Waals surface area contributed by atoms with Gasteiger partial charge in [-0.2, -0.15) is 0 Å². The molecule has 0 heterocycles. The number of hydrogen-bond acceptors (Lipinski definition) is 2. The second kappa shape index (κ2) is 5.88. The van der Waals surface area contributed by atoms with E-state index in [1.54, 1.807) is 0 Å². The predicted molar refractivity (Wildman–Crippen MR) is 78.5 cm³/mol. The fraction of sp³-hybridized carbons (Fsp3) is 0.529. The topological polar surface area (TPSA) is 66.4 Å². The molecule has 3 rings (SSSR count). The fourth-order valence-corrected chi connectivity index (χ4v) is 3.39. The van der Waals surface area contributed by atoms with Gasteiger partial charge in [0.05, 0.1) is 17.9 Å². The van der Waals surface area contributed by atoms with E-state index in [1.165, 1.54) is 0 Å². The summed E-state index contributed by atoms with van der Waals surface area (Å²) < 4.78 is 0. The lowest BCUT2D eigenvalue weighted by Crippen LogP contribution is -2.38. The van der Waals surface area contributed by atoms with Gasteiger partial charge in [0.15, 0.2) is 0 Å². The van der Waals surface area contributed by atoms with Gasteiger partial charge in [-0.05, 0) is 37.2 Å². The molecule has 2 aliphatic rings. The Morgan fingerprint density at radius 1 is 1.05 bits per heavy atom. The molecule has 4 heteroatoms. The van der Waals surface area contributed by atoms with Crippen LogP contribution in [-0.4, -0.2) is 17.0 Å². The second-order valence-corrected chi connectivity index (χ2v) is 6.22. The first-order chi connectivity index (χ1) is 10.2. The van der Waals surface area contributed by atoms with Crippen LogP contribution in [0.2, 0.25) is 0 Å². The van der Waals surface area contributed by atoms with E-state index in [4.69, 9.17) is 0 Å². The van der Waals surface area contributed by atoms with E-state index in [-0.39, 0.29) is 17.9 Å². The summed E-state index contributed by atoms with van der Waals surface area (Å²) >= 11 is 0. The monoisotopic (exact) mass is 287 g/mol. The summed E-state index contributed by atoms with van der Waals surface area (Å²) in [5.74, 6) is -1.30. The van der Waals surface area contributed by atoms with E-state index in [2.05, 4.69) is 5.32 Å². The van der Waals surface area contributed by atoms with E-state index in [9.17, 15) is 14.7 Å². The number of carboxylic acid groups (broad SMARTS) is 1. The van der Waals surface area contributed by atoms with Crippen molar-refractivity contribution in [1.82, 2.24) is 5.32 Å². The van der Waals surface area contributed by atoms with Crippen LogP contribution in [0, 0.1) is 17.8 Å². The molecule has 21 heavy (non-hydrogen) atoms. The van der Waals surface area contributed by atoms with Gasteiger partial charge in [0.25, 0.3) is 0 Å². The van der Waals surface area contributed by atoms with Crippen molar-refractivity contribution in [3.05, 3.63) is 35.9 Å². The van der Waals surface area contributed by atoms with E-state index in [0.29, 0.717) is 18.8 Å². The van der Waals surface area contributed by atoms with Crippen molar-refractivity contribution in [2.45, 2.75) is 38.1 Å². The van der Waals surface area contributed by atoms with Crippen LogP contribution >= 0.6 is 0 Å². The number of carboxylic acids is 1. The van der Waals surface area contributed by atoms with Gasteiger partial charge in [-0.25, -0.2) is 0 Å². The first-order valence-electron chi connectivity index (χ1n) is 7.75. The van der Waals surface area contributed by atoms with Gasteiger partial charge in [-0.1, -0.05) is 36.8 Å². The highest BCUT2D eigenvalue weighted by atomic mass is 16.4.